The van der Waals surface area contributed by atoms with Crippen molar-refractivity contribution in [3.8, 4) is 5.75 Å². The highest BCUT2D eigenvalue weighted by Crippen LogP contribution is 2.22. The van der Waals surface area contributed by atoms with Gasteiger partial charge in [-0.15, -0.1) is 0 Å². The second-order valence-corrected chi connectivity index (χ2v) is 4.82. The largest absolute Gasteiger partial charge is 0.506 e. The van der Waals surface area contributed by atoms with E-state index >= 15 is 0 Å². The van der Waals surface area contributed by atoms with Crippen LogP contribution in [-0.4, -0.2) is 17.1 Å². The van der Waals surface area contributed by atoms with Crippen LogP contribution in [-0.2, 0) is 4.79 Å². The van der Waals surface area contributed by atoms with Gasteiger partial charge in [-0.1, -0.05) is 25.5 Å². The van der Waals surface area contributed by atoms with Gasteiger partial charge in [0, 0.05) is 12.0 Å². The van der Waals surface area contributed by atoms with Gasteiger partial charge < -0.3 is 16.2 Å². The SMILES string of the molecule is CC(N)CCCC(C)C(=O)Nc1ccccc1O. The molecular formula is C14H22N2O2. The number of nitrogens with one attached hydrogen (secondary N) is 1. The first-order valence-corrected chi connectivity index (χ1v) is 6.35. The summed E-state index contributed by atoms with van der Waals surface area (Å²) < 4.78 is 0. The number of rotatable bonds is 6. The lowest BCUT2D eigenvalue weighted by Gasteiger charge is -2.13. The zero-order valence-corrected chi connectivity index (χ0v) is 11.0. The van der Waals surface area contributed by atoms with Crippen molar-refractivity contribution in [3.63, 3.8) is 0 Å². The number of anilines is 1. The Bertz CT molecular complexity index is 391. The highest BCUT2D eigenvalue weighted by Gasteiger charge is 2.14. The Morgan fingerprint density at radius 3 is 2.61 bits per heavy atom. The summed E-state index contributed by atoms with van der Waals surface area (Å²) in [6, 6.07) is 6.91. The first-order valence-electron chi connectivity index (χ1n) is 6.35. The van der Waals surface area contributed by atoms with Crippen LogP contribution in [0.1, 0.15) is 33.1 Å². The monoisotopic (exact) mass is 250 g/mol. The number of nitrogens with two attached hydrogens (primary N) is 1. The maximum atomic E-state index is 11.9. The van der Waals surface area contributed by atoms with Crippen molar-refractivity contribution in [1.82, 2.24) is 0 Å². The van der Waals surface area contributed by atoms with Crippen molar-refractivity contribution < 1.29 is 9.90 Å². The van der Waals surface area contributed by atoms with Crippen LogP contribution in [0.15, 0.2) is 24.3 Å². The molecule has 4 nitrogen and oxygen atoms in total. The zero-order valence-electron chi connectivity index (χ0n) is 11.0. The van der Waals surface area contributed by atoms with Gasteiger partial charge in [0.2, 0.25) is 5.91 Å². The Kier molecular flexibility index (Phi) is 5.65. The number of benzene rings is 1. The van der Waals surface area contributed by atoms with Crippen molar-refractivity contribution in [3.05, 3.63) is 24.3 Å². The highest BCUT2D eigenvalue weighted by molar-refractivity contribution is 5.93. The third-order valence-corrected chi connectivity index (χ3v) is 2.91. The van der Waals surface area contributed by atoms with Gasteiger partial charge in [-0.2, -0.15) is 0 Å². The second-order valence-electron chi connectivity index (χ2n) is 4.82. The summed E-state index contributed by atoms with van der Waals surface area (Å²) in [5.74, 6) is -0.0573. The molecule has 1 aromatic carbocycles. The van der Waals surface area contributed by atoms with E-state index in [-0.39, 0.29) is 23.6 Å². The number of aromatic hydroxyl groups is 1. The minimum atomic E-state index is -0.0802. The number of amides is 1. The maximum absolute atomic E-state index is 11.9. The van der Waals surface area contributed by atoms with Gasteiger partial charge in [0.15, 0.2) is 0 Å². The summed E-state index contributed by atoms with van der Waals surface area (Å²) in [7, 11) is 0. The molecule has 1 aromatic rings. The fourth-order valence-corrected chi connectivity index (χ4v) is 1.71. The van der Waals surface area contributed by atoms with Crippen molar-refractivity contribution >= 4 is 11.6 Å². The standard InChI is InChI=1S/C14H22N2O2/c1-10(6-5-7-11(2)15)14(18)16-12-8-3-4-9-13(12)17/h3-4,8-11,17H,5-7,15H2,1-2H3,(H,16,18). The topological polar surface area (TPSA) is 75.4 Å². The van der Waals surface area contributed by atoms with E-state index in [0.29, 0.717) is 5.69 Å². The minimum absolute atomic E-state index is 0.0684. The van der Waals surface area contributed by atoms with Crippen molar-refractivity contribution in [2.24, 2.45) is 11.7 Å². The average molecular weight is 250 g/mol. The van der Waals surface area contributed by atoms with E-state index in [0.717, 1.165) is 19.3 Å². The summed E-state index contributed by atoms with van der Waals surface area (Å²) in [5, 5.41) is 12.3. The molecule has 1 rings (SSSR count). The number of hydrogen-bond acceptors (Lipinski definition) is 3. The van der Waals surface area contributed by atoms with E-state index in [1.807, 2.05) is 13.8 Å². The molecule has 2 atom stereocenters. The highest BCUT2D eigenvalue weighted by atomic mass is 16.3. The summed E-state index contributed by atoms with van der Waals surface area (Å²) >= 11 is 0. The number of para-hydroxylation sites is 2. The normalized spacial score (nSPS) is 13.9. The van der Waals surface area contributed by atoms with E-state index in [4.69, 9.17) is 5.73 Å². The Labute approximate surface area is 108 Å². The van der Waals surface area contributed by atoms with Gasteiger partial charge in [0.25, 0.3) is 0 Å². The summed E-state index contributed by atoms with van der Waals surface area (Å²) in [6.07, 6.45) is 2.67. The molecule has 0 aliphatic carbocycles. The summed E-state index contributed by atoms with van der Waals surface area (Å²) in [4.78, 5) is 11.9. The molecule has 0 aliphatic rings. The number of hydrogen-bond donors (Lipinski definition) is 3. The van der Waals surface area contributed by atoms with Crippen molar-refractivity contribution in [1.29, 1.82) is 0 Å². The summed E-state index contributed by atoms with van der Waals surface area (Å²) in [6.45, 7) is 3.85. The second kappa shape index (κ2) is 7.01. The molecule has 4 heteroatoms. The quantitative estimate of drug-likeness (QED) is 0.679. The van der Waals surface area contributed by atoms with Gasteiger partial charge in [-0.25, -0.2) is 0 Å². The van der Waals surface area contributed by atoms with Crippen LogP contribution in [0, 0.1) is 5.92 Å². The number of phenols is 1. The van der Waals surface area contributed by atoms with Crippen LogP contribution in [0.3, 0.4) is 0 Å². The lowest BCUT2D eigenvalue weighted by molar-refractivity contribution is -0.119. The molecule has 100 valence electrons. The average Bonchev–Trinajstić information content (AvgIpc) is 2.31. The number of carbonyl (C=O) groups is 1. The van der Waals surface area contributed by atoms with Crippen molar-refractivity contribution in [2.75, 3.05) is 5.32 Å². The molecule has 0 saturated carbocycles. The third kappa shape index (κ3) is 4.75. The number of phenolic OH excluding ortho intramolecular Hbond substituents is 1. The minimum Gasteiger partial charge on any atom is -0.506 e. The molecule has 0 saturated heterocycles. The molecule has 0 aromatic heterocycles. The molecule has 0 heterocycles. The molecule has 0 radical (unpaired) electrons. The fraction of sp³-hybridized carbons (Fsp3) is 0.500. The van der Waals surface area contributed by atoms with Gasteiger partial charge in [0.05, 0.1) is 5.69 Å². The molecule has 2 unspecified atom stereocenters. The van der Waals surface area contributed by atoms with E-state index < -0.39 is 0 Å². The lowest BCUT2D eigenvalue weighted by atomic mass is 10.0. The number of carbonyl (C=O) groups excluding carboxylic acids is 1. The van der Waals surface area contributed by atoms with Gasteiger partial charge in [-0.3, -0.25) is 4.79 Å². The first kappa shape index (κ1) is 14.5. The third-order valence-electron chi connectivity index (χ3n) is 2.91. The van der Waals surface area contributed by atoms with Gasteiger partial charge >= 0.3 is 0 Å². The first-order chi connectivity index (χ1) is 8.50. The van der Waals surface area contributed by atoms with Crippen LogP contribution in [0.4, 0.5) is 5.69 Å². The Balaban J connectivity index is 2.43. The molecular weight excluding hydrogens is 228 g/mol. The van der Waals surface area contributed by atoms with E-state index in [1.165, 1.54) is 0 Å². The molecule has 0 fully saturated rings. The van der Waals surface area contributed by atoms with E-state index in [2.05, 4.69) is 5.32 Å². The summed E-state index contributed by atoms with van der Waals surface area (Å²) in [5.41, 5.74) is 6.12. The molecule has 18 heavy (non-hydrogen) atoms. The molecule has 0 aliphatic heterocycles. The predicted octanol–water partition coefficient (Wildman–Crippen LogP) is 2.48. The molecule has 1 amide bonds. The van der Waals surface area contributed by atoms with Gasteiger partial charge in [-0.05, 0) is 31.9 Å². The van der Waals surface area contributed by atoms with Gasteiger partial charge in [0.1, 0.15) is 5.75 Å². The lowest BCUT2D eigenvalue weighted by Crippen LogP contribution is -2.21. The van der Waals surface area contributed by atoms with Crippen LogP contribution in [0.5, 0.6) is 5.75 Å². The smallest absolute Gasteiger partial charge is 0.227 e. The fourth-order valence-electron chi connectivity index (χ4n) is 1.71. The molecule has 0 bridgehead atoms. The molecule has 0 spiro atoms. The Morgan fingerprint density at radius 2 is 2.00 bits per heavy atom. The van der Waals surface area contributed by atoms with Crippen molar-refractivity contribution in [2.45, 2.75) is 39.2 Å². The molecule has 4 N–H and O–H groups in total. The zero-order chi connectivity index (χ0) is 13.5. The van der Waals surface area contributed by atoms with Crippen LogP contribution < -0.4 is 11.1 Å². The Morgan fingerprint density at radius 1 is 1.33 bits per heavy atom. The van der Waals surface area contributed by atoms with Crippen LogP contribution in [0.2, 0.25) is 0 Å². The van der Waals surface area contributed by atoms with Crippen LogP contribution in [0.25, 0.3) is 0 Å². The van der Waals surface area contributed by atoms with E-state index in [1.54, 1.807) is 24.3 Å². The maximum Gasteiger partial charge on any atom is 0.227 e. The van der Waals surface area contributed by atoms with E-state index in [9.17, 15) is 9.90 Å². The Hall–Kier alpha value is -1.55. The van der Waals surface area contributed by atoms with Crippen LogP contribution >= 0.6 is 0 Å². The predicted molar refractivity (Wildman–Crippen MR) is 73.4 cm³/mol.